The number of aromatic amines is 1. The van der Waals surface area contributed by atoms with Crippen LogP contribution in [0.25, 0.3) is 0 Å². The van der Waals surface area contributed by atoms with Crippen LogP contribution < -0.4 is 21.9 Å². The Labute approximate surface area is 155 Å². The van der Waals surface area contributed by atoms with Gasteiger partial charge in [0, 0.05) is 24.9 Å². The number of nitrogens with two attached hydrogens (primary N) is 1. The number of nitrogens with one attached hydrogen (secondary N) is 2. The van der Waals surface area contributed by atoms with Crippen LogP contribution in [0.3, 0.4) is 0 Å². The summed E-state index contributed by atoms with van der Waals surface area (Å²) in [6, 6.07) is 6.73. The van der Waals surface area contributed by atoms with Crippen molar-refractivity contribution in [1.29, 1.82) is 0 Å². The predicted molar refractivity (Wildman–Crippen MR) is 99.3 cm³/mol. The Morgan fingerprint density at radius 2 is 2.04 bits per heavy atom. The SMILES string of the molecule is CCCn1c(N)c(C(=O)C[NH+](Cc2ccccc2F)C2CC2)c(=O)[nH]c1=O. The topological polar surface area (TPSA) is 102 Å². The van der Waals surface area contributed by atoms with Gasteiger partial charge >= 0.3 is 5.69 Å². The third-order valence-corrected chi connectivity index (χ3v) is 4.88. The van der Waals surface area contributed by atoms with Gasteiger partial charge < -0.3 is 10.6 Å². The number of carbonyl (C=O) groups is 1. The van der Waals surface area contributed by atoms with Gasteiger partial charge in [-0.1, -0.05) is 25.1 Å². The largest absolute Gasteiger partial charge is 0.384 e. The van der Waals surface area contributed by atoms with Crippen molar-refractivity contribution < 1.29 is 14.1 Å². The van der Waals surface area contributed by atoms with Gasteiger partial charge in [-0.3, -0.25) is 19.1 Å². The normalized spacial score (nSPS) is 14.9. The van der Waals surface area contributed by atoms with Gasteiger partial charge in [0.15, 0.2) is 0 Å². The highest BCUT2D eigenvalue weighted by atomic mass is 19.1. The molecule has 1 aliphatic carbocycles. The number of benzene rings is 1. The van der Waals surface area contributed by atoms with Crippen LogP contribution in [0, 0.1) is 5.82 Å². The lowest BCUT2D eigenvalue weighted by molar-refractivity contribution is -0.916. The van der Waals surface area contributed by atoms with E-state index in [1.165, 1.54) is 10.6 Å². The van der Waals surface area contributed by atoms with Gasteiger partial charge in [0.1, 0.15) is 30.3 Å². The van der Waals surface area contributed by atoms with Crippen LogP contribution >= 0.6 is 0 Å². The molecule has 1 atom stereocenters. The molecule has 3 rings (SSSR count). The number of quaternary nitrogens is 1. The molecule has 1 saturated carbocycles. The lowest BCUT2D eigenvalue weighted by Crippen LogP contribution is -3.13. The molecule has 27 heavy (non-hydrogen) atoms. The summed E-state index contributed by atoms with van der Waals surface area (Å²) in [5, 5.41) is 0. The smallest absolute Gasteiger partial charge is 0.329 e. The van der Waals surface area contributed by atoms with Crippen LogP contribution in [0.4, 0.5) is 10.2 Å². The fourth-order valence-electron chi connectivity index (χ4n) is 3.33. The number of halogens is 1. The summed E-state index contributed by atoms with van der Waals surface area (Å²) in [6.45, 7) is 2.56. The fraction of sp³-hybridized carbons (Fsp3) is 0.421. The molecule has 1 aromatic heterocycles. The molecule has 1 aliphatic rings. The van der Waals surface area contributed by atoms with Crippen molar-refractivity contribution in [2.45, 2.75) is 45.3 Å². The summed E-state index contributed by atoms with van der Waals surface area (Å²) in [5.74, 6) is -0.842. The summed E-state index contributed by atoms with van der Waals surface area (Å²) in [7, 11) is 0. The van der Waals surface area contributed by atoms with Crippen molar-refractivity contribution in [3.05, 3.63) is 62.0 Å². The van der Waals surface area contributed by atoms with E-state index < -0.39 is 17.0 Å². The monoisotopic (exact) mass is 375 g/mol. The van der Waals surface area contributed by atoms with Gasteiger partial charge in [0.25, 0.3) is 5.56 Å². The first kappa shape index (κ1) is 19.0. The number of carbonyl (C=O) groups excluding carboxylic acids is 1. The second-order valence-corrected chi connectivity index (χ2v) is 6.97. The van der Waals surface area contributed by atoms with Gasteiger partial charge in [-0.15, -0.1) is 0 Å². The first-order chi connectivity index (χ1) is 12.9. The van der Waals surface area contributed by atoms with Gasteiger partial charge in [-0.05, 0) is 12.5 Å². The van der Waals surface area contributed by atoms with Crippen LogP contribution in [0.15, 0.2) is 33.9 Å². The standard InChI is InChI=1S/C19H23FN4O3/c1-2-9-24-17(21)16(18(26)22-19(24)27)15(25)11-23(13-7-8-13)10-12-5-3-4-6-14(12)20/h3-6,13H,2,7-11,21H2,1H3,(H,22,26,27)/p+1. The molecule has 0 bridgehead atoms. The molecule has 7 nitrogen and oxygen atoms in total. The van der Waals surface area contributed by atoms with E-state index in [-0.39, 0.29) is 29.8 Å². The number of hydrogen-bond donors (Lipinski definition) is 3. The Morgan fingerprint density at radius 1 is 1.33 bits per heavy atom. The Bertz CT molecular complexity index is 962. The molecular weight excluding hydrogens is 351 g/mol. The minimum absolute atomic E-state index is 0.0244. The molecule has 0 saturated heterocycles. The molecule has 144 valence electrons. The Balaban J connectivity index is 1.87. The summed E-state index contributed by atoms with van der Waals surface area (Å²) in [6.07, 6.45) is 2.55. The number of anilines is 1. The number of hydrogen-bond acceptors (Lipinski definition) is 4. The summed E-state index contributed by atoms with van der Waals surface area (Å²) < 4.78 is 15.2. The zero-order valence-corrected chi connectivity index (χ0v) is 15.3. The second-order valence-electron chi connectivity index (χ2n) is 6.97. The fourth-order valence-corrected chi connectivity index (χ4v) is 3.33. The summed E-state index contributed by atoms with van der Waals surface area (Å²) >= 11 is 0. The molecular formula is C19H24FN4O3+. The van der Waals surface area contributed by atoms with Crippen LogP contribution in [-0.4, -0.2) is 27.9 Å². The highest BCUT2D eigenvalue weighted by molar-refractivity contribution is 6.00. The predicted octanol–water partition coefficient (Wildman–Crippen LogP) is 0.0981. The average Bonchev–Trinajstić information content (AvgIpc) is 3.44. The first-order valence-electron chi connectivity index (χ1n) is 9.16. The molecule has 0 amide bonds. The van der Waals surface area contributed by atoms with Gasteiger partial charge in [-0.2, -0.15) is 0 Å². The molecule has 1 heterocycles. The molecule has 0 spiro atoms. The van der Waals surface area contributed by atoms with E-state index >= 15 is 0 Å². The molecule has 1 unspecified atom stereocenters. The third kappa shape index (κ3) is 4.16. The van der Waals surface area contributed by atoms with Crippen LogP contribution in [0.1, 0.15) is 42.1 Å². The number of nitrogens with zero attached hydrogens (tertiary/aromatic N) is 1. The van der Waals surface area contributed by atoms with Crippen LogP contribution in [0.5, 0.6) is 0 Å². The molecule has 2 aromatic rings. The van der Waals surface area contributed by atoms with Crippen molar-refractivity contribution >= 4 is 11.6 Å². The van der Waals surface area contributed by atoms with Gasteiger partial charge in [0.05, 0.1) is 6.04 Å². The van der Waals surface area contributed by atoms with Crippen molar-refractivity contribution in [2.75, 3.05) is 12.3 Å². The van der Waals surface area contributed by atoms with E-state index in [4.69, 9.17) is 5.73 Å². The number of H-pyrrole nitrogens is 1. The highest BCUT2D eigenvalue weighted by Crippen LogP contribution is 2.16. The lowest BCUT2D eigenvalue weighted by atomic mass is 10.1. The van der Waals surface area contributed by atoms with E-state index in [1.807, 2.05) is 6.92 Å². The van der Waals surface area contributed by atoms with Crippen molar-refractivity contribution in [3.63, 3.8) is 0 Å². The molecule has 8 heteroatoms. The number of Topliss-reactive ketones (excluding diaryl/α,β-unsaturated/α-hetero) is 1. The van der Waals surface area contributed by atoms with E-state index in [0.29, 0.717) is 25.1 Å². The molecule has 1 aromatic carbocycles. The van der Waals surface area contributed by atoms with Crippen LogP contribution in [0.2, 0.25) is 0 Å². The molecule has 0 aliphatic heterocycles. The maximum Gasteiger partial charge on any atom is 0.329 e. The maximum absolute atomic E-state index is 14.0. The maximum atomic E-state index is 14.0. The van der Waals surface area contributed by atoms with Crippen molar-refractivity contribution in [2.24, 2.45) is 0 Å². The molecule has 4 N–H and O–H groups in total. The van der Waals surface area contributed by atoms with Crippen molar-refractivity contribution in [3.8, 4) is 0 Å². The van der Waals surface area contributed by atoms with E-state index in [0.717, 1.165) is 17.7 Å². The molecule has 1 fully saturated rings. The number of nitrogen functional groups attached to an aromatic ring is 1. The van der Waals surface area contributed by atoms with Gasteiger partial charge in [0.2, 0.25) is 5.78 Å². The summed E-state index contributed by atoms with van der Waals surface area (Å²) in [4.78, 5) is 40.0. The minimum Gasteiger partial charge on any atom is -0.384 e. The zero-order valence-electron chi connectivity index (χ0n) is 15.3. The first-order valence-corrected chi connectivity index (χ1v) is 9.16. The third-order valence-electron chi connectivity index (χ3n) is 4.88. The zero-order chi connectivity index (χ0) is 19.6. The van der Waals surface area contributed by atoms with Crippen LogP contribution in [-0.2, 0) is 13.1 Å². The number of rotatable bonds is 8. The van der Waals surface area contributed by atoms with E-state index in [9.17, 15) is 18.8 Å². The Kier molecular flexibility index (Phi) is 5.55. The molecule has 0 radical (unpaired) electrons. The van der Waals surface area contributed by atoms with E-state index in [1.54, 1.807) is 18.2 Å². The Morgan fingerprint density at radius 3 is 2.67 bits per heavy atom. The van der Waals surface area contributed by atoms with Gasteiger partial charge in [-0.25, -0.2) is 9.18 Å². The minimum atomic E-state index is -0.768. The van der Waals surface area contributed by atoms with Crippen molar-refractivity contribution in [1.82, 2.24) is 9.55 Å². The Hall–Kier alpha value is -2.74. The quantitative estimate of drug-likeness (QED) is 0.570. The lowest BCUT2D eigenvalue weighted by Gasteiger charge is -2.19. The number of ketones is 1. The van der Waals surface area contributed by atoms with E-state index in [2.05, 4.69) is 4.98 Å². The average molecular weight is 375 g/mol. The second kappa shape index (κ2) is 7.87. The number of aromatic nitrogens is 2. The summed E-state index contributed by atoms with van der Waals surface area (Å²) in [5.41, 5.74) is 4.93. The highest BCUT2D eigenvalue weighted by Gasteiger charge is 2.36.